The number of hydrogen-bond donors (Lipinski definition) is 0. The highest BCUT2D eigenvalue weighted by Gasteiger charge is 2.26. The third-order valence-corrected chi connectivity index (χ3v) is 2.88. The van der Waals surface area contributed by atoms with E-state index in [2.05, 4.69) is 0 Å². The van der Waals surface area contributed by atoms with Gasteiger partial charge in [-0.15, -0.1) is 0 Å². The van der Waals surface area contributed by atoms with Gasteiger partial charge < -0.3 is 9.64 Å². The van der Waals surface area contributed by atoms with E-state index in [9.17, 15) is 8.78 Å². The molecule has 0 bridgehead atoms. The Kier molecular flexibility index (Phi) is 3.48. The molecule has 1 aromatic carbocycles. The van der Waals surface area contributed by atoms with Crippen LogP contribution in [-0.2, 0) is 4.74 Å². The summed E-state index contributed by atoms with van der Waals surface area (Å²) >= 11 is 0. The van der Waals surface area contributed by atoms with Crippen molar-refractivity contribution in [1.82, 2.24) is 0 Å². The number of nitrogens with zero attached hydrogens (tertiary/aromatic N) is 2. The Morgan fingerprint density at radius 3 is 2.17 bits per heavy atom. The topological polar surface area (TPSA) is 36.3 Å². The SMILES string of the molecule is CC1CN(c2c(F)cc(C#N)cc2F)CC(C)O1. The van der Waals surface area contributed by atoms with Gasteiger partial charge in [-0.2, -0.15) is 5.26 Å². The maximum atomic E-state index is 13.9. The molecule has 2 atom stereocenters. The molecule has 2 rings (SSSR count). The van der Waals surface area contributed by atoms with Gasteiger partial charge in [-0.25, -0.2) is 8.78 Å². The number of hydrogen-bond acceptors (Lipinski definition) is 3. The molecule has 0 radical (unpaired) electrons. The fourth-order valence-electron chi connectivity index (χ4n) is 2.29. The molecule has 1 saturated heterocycles. The predicted octanol–water partition coefficient (Wildman–Crippen LogP) is 2.45. The second kappa shape index (κ2) is 4.91. The molecule has 1 heterocycles. The van der Waals surface area contributed by atoms with Crippen LogP contribution in [0.1, 0.15) is 19.4 Å². The molecular formula is C13H14F2N2O. The van der Waals surface area contributed by atoms with Gasteiger partial charge in [0.1, 0.15) is 5.69 Å². The lowest BCUT2D eigenvalue weighted by Crippen LogP contribution is -2.46. The zero-order chi connectivity index (χ0) is 13.3. The van der Waals surface area contributed by atoms with Gasteiger partial charge in [0.25, 0.3) is 0 Å². The number of anilines is 1. The molecular weight excluding hydrogens is 238 g/mol. The molecule has 18 heavy (non-hydrogen) atoms. The highest BCUT2D eigenvalue weighted by molar-refractivity contribution is 5.53. The summed E-state index contributed by atoms with van der Waals surface area (Å²) < 4.78 is 33.2. The lowest BCUT2D eigenvalue weighted by atomic mass is 10.1. The van der Waals surface area contributed by atoms with E-state index in [0.717, 1.165) is 12.1 Å². The number of ether oxygens (including phenoxy) is 1. The molecule has 0 spiro atoms. The third-order valence-electron chi connectivity index (χ3n) is 2.88. The van der Waals surface area contributed by atoms with E-state index in [1.807, 2.05) is 13.8 Å². The van der Waals surface area contributed by atoms with E-state index in [0.29, 0.717) is 13.1 Å². The fraction of sp³-hybridized carbons (Fsp3) is 0.462. The van der Waals surface area contributed by atoms with Crippen molar-refractivity contribution < 1.29 is 13.5 Å². The first kappa shape index (κ1) is 12.8. The van der Waals surface area contributed by atoms with Crippen LogP contribution in [0, 0.1) is 23.0 Å². The Hall–Kier alpha value is -1.67. The molecule has 0 saturated carbocycles. The first-order chi connectivity index (χ1) is 8.51. The normalized spacial score (nSPS) is 23.8. The zero-order valence-electron chi connectivity index (χ0n) is 10.3. The highest BCUT2D eigenvalue weighted by Crippen LogP contribution is 2.27. The van der Waals surface area contributed by atoms with Crippen LogP contribution in [0.2, 0.25) is 0 Å². The van der Waals surface area contributed by atoms with Gasteiger partial charge in [0.15, 0.2) is 11.6 Å². The van der Waals surface area contributed by atoms with Crippen molar-refractivity contribution >= 4 is 5.69 Å². The van der Waals surface area contributed by atoms with Gasteiger partial charge in [-0.05, 0) is 26.0 Å². The van der Waals surface area contributed by atoms with E-state index >= 15 is 0 Å². The molecule has 96 valence electrons. The van der Waals surface area contributed by atoms with Crippen molar-refractivity contribution in [2.45, 2.75) is 26.1 Å². The molecule has 0 amide bonds. The minimum atomic E-state index is -0.701. The lowest BCUT2D eigenvalue weighted by molar-refractivity contribution is -0.00558. The summed E-state index contributed by atoms with van der Waals surface area (Å²) in [6.45, 7) is 4.60. The van der Waals surface area contributed by atoms with E-state index in [1.54, 1.807) is 11.0 Å². The van der Waals surface area contributed by atoms with Crippen molar-refractivity contribution in [2.24, 2.45) is 0 Å². The van der Waals surface area contributed by atoms with Crippen LogP contribution in [0.15, 0.2) is 12.1 Å². The molecule has 1 fully saturated rings. The number of halogens is 2. The van der Waals surface area contributed by atoms with Gasteiger partial charge >= 0.3 is 0 Å². The van der Waals surface area contributed by atoms with Gasteiger partial charge in [-0.1, -0.05) is 0 Å². The van der Waals surface area contributed by atoms with Crippen LogP contribution in [0.25, 0.3) is 0 Å². The monoisotopic (exact) mass is 252 g/mol. The van der Waals surface area contributed by atoms with Crippen LogP contribution < -0.4 is 4.90 Å². The summed E-state index contributed by atoms with van der Waals surface area (Å²) in [7, 11) is 0. The Morgan fingerprint density at radius 2 is 1.72 bits per heavy atom. The number of nitriles is 1. The molecule has 1 aliphatic rings. The summed E-state index contributed by atoms with van der Waals surface area (Å²) in [5.41, 5.74) is -0.0842. The molecule has 1 aromatic rings. The van der Waals surface area contributed by atoms with E-state index < -0.39 is 11.6 Å². The average molecular weight is 252 g/mol. The molecule has 1 aliphatic heterocycles. The summed E-state index contributed by atoms with van der Waals surface area (Å²) in [6.07, 6.45) is -0.161. The maximum absolute atomic E-state index is 13.9. The van der Waals surface area contributed by atoms with Crippen LogP contribution in [0.5, 0.6) is 0 Å². The smallest absolute Gasteiger partial charge is 0.150 e. The van der Waals surface area contributed by atoms with Crippen molar-refractivity contribution in [1.29, 1.82) is 5.26 Å². The Balaban J connectivity index is 2.36. The van der Waals surface area contributed by atoms with Gasteiger partial charge in [0.05, 0.1) is 23.8 Å². The average Bonchev–Trinajstić information content (AvgIpc) is 2.26. The molecule has 0 N–H and O–H groups in total. The van der Waals surface area contributed by atoms with Crippen LogP contribution >= 0.6 is 0 Å². The minimum Gasteiger partial charge on any atom is -0.372 e. The summed E-state index contributed by atoms with van der Waals surface area (Å²) in [5.74, 6) is -1.40. The number of rotatable bonds is 1. The van der Waals surface area contributed by atoms with Crippen molar-refractivity contribution in [3.05, 3.63) is 29.3 Å². The summed E-state index contributed by atoms with van der Waals surface area (Å²) in [6, 6.07) is 3.85. The lowest BCUT2D eigenvalue weighted by Gasteiger charge is -2.37. The standard InChI is InChI=1S/C13H14F2N2O/c1-8-6-17(7-9(2)18-8)13-11(14)3-10(5-16)4-12(13)15/h3-4,8-9H,6-7H2,1-2H3. The first-order valence-electron chi connectivity index (χ1n) is 5.80. The quantitative estimate of drug-likeness (QED) is 0.770. The summed E-state index contributed by atoms with van der Waals surface area (Å²) in [5, 5.41) is 8.65. The van der Waals surface area contributed by atoms with Gasteiger partial charge in [0.2, 0.25) is 0 Å². The third kappa shape index (κ3) is 2.44. The van der Waals surface area contributed by atoms with Crippen molar-refractivity contribution in [2.75, 3.05) is 18.0 Å². The predicted molar refractivity (Wildman–Crippen MR) is 63.3 cm³/mol. The van der Waals surface area contributed by atoms with Crippen LogP contribution in [-0.4, -0.2) is 25.3 Å². The van der Waals surface area contributed by atoms with Gasteiger partial charge in [0, 0.05) is 13.1 Å². The molecule has 2 unspecified atom stereocenters. The van der Waals surface area contributed by atoms with Crippen LogP contribution in [0.3, 0.4) is 0 Å². The number of benzene rings is 1. The summed E-state index contributed by atoms with van der Waals surface area (Å²) in [4.78, 5) is 1.63. The second-order valence-electron chi connectivity index (χ2n) is 4.56. The Labute approximate surface area is 105 Å². The fourth-order valence-corrected chi connectivity index (χ4v) is 2.29. The van der Waals surface area contributed by atoms with E-state index in [4.69, 9.17) is 10.00 Å². The van der Waals surface area contributed by atoms with Gasteiger partial charge in [-0.3, -0.25) is 0 Å². The largest absolute Gasteiger partial charge is 0.372 e. The first-order valence-corrected chi connectivity index (χ1v) is 5.80. The number of morpholine rings is 1. The second-order valence-corrected chi connectivity index (χ2v) is 4.56. The molecule has 3 nitrogen and oxygen atoms in total. The van der Waals surface area contributed by atoms with Crippen molar-refractivity contribution in [3.8, 4) is 6.07 Å². The van der Waals surface area contributed by atoms with E-state index in [-0.39, 0.29) is 23.5 Å². The molecule has 0 aromatic heterocycles. The molecule has 5 heteroatoms. The maximum Gasteiger partial charge on any atom is 0.150 e. The Bertz CT molecular complexity index is 465. The molecule has 0 aliphatic carbocycles. The highest BCUT2D eigenvalue weighted by atomic mass is 19.1. The Morgan fingerprint density at radius 1 is 1.22 bits per heavy atom. The van der Waals surface area contributed by atoms with E-state index in [1.165, 1.54) is 0 Å². The van der Waals surface area contributed by atoms with Crippen molar-refractivity contribution in [3.63, 3.8) is 0 Å². The van der Waals surface area contributed by atoms with Crippen LogP contribution in [0.4, 0.5) is 14.5 Å². The minimum absolute atomic E-state index is 0.0110. The zero-order valence-corrected chi connectivity index (χ0v) is 10.3.